The minimum atomic E-state index is -0.206. The van der Waals surface area contributed by atoms with Gasteiger partial charge in [-0.3, -0.25) is 16.9 Å². The van der Waals surface area contributed by atoms with Gasteiger partial charge in [0.25, 0.3) is 0 Å². The molecule has 0 fully saturated rings. The van der Waals surface area contributed by atoms with Gasteiger partial charge in [0.2, 0.25) is 0 Å². The molecule has 0 N–H and O–H groups in total. The first-order chi connectivity index (χ1) is 3.91. The molecule has 0 saturated heterocycles. The van der Waals surface area contributed by atoms with Crippen LogP contribution in [0.1, 0.15) is 12.8 Å². The maximum Gasteiger partial charge on any atom is 0.569 e. The van der Waals surface area contributed by atoms with Crippen LogP contribution in [0.4, 0.5) is 0 Å². The largest absolute Gasteiger partial charge is 0.569 e. The number of rotatable bonds is 2. The maximum atomic E-state index is 5.41. The van der Waals surface area contributed by atoms with Crippen LogP contribution in [-0.4, -0.2) is 24.1 Å². The van der Waals surface area contributed by atoms with E-state index in [1.807, 2.05) is 0 Å². The highest BCUT2D eigenvalue weighted by molar-refractivity contribution is 9.23. The zero-order valence-electron chi connectivity index (χ0n) is 4.58. The fourth-order valence-electron chi connectivity index (χ4n) is 0.291. The van der Waals surface area contributed by atoms with Crippen molar-refractivity contribution in [1.82, 2.24) is 0 Å². The Kier molecular flexibility index (Phi) is 9.21. The lowest BCUT2D eigenvalue weighted by Crippen LogP contribution is -1.72. The Labute approximate surface area is 71.0 Å². The maximum absolute atomic E-state index is 5.41. The second kappa shape index (κ2) is 8.10. The number of unbranched alkanes of at least 4 members (excludes halogenated alkanes) is 1. The van der Waals surface area contributed by atoms with Crippen molar-refractivity contribution in [3.63, 3.8) is 0 Å². The molecule has 0 aliphatic rings. The molecule has 3 heteroatoms. The SMILES string of the molecule is ClCCCC#[C][Mg][Br]. The van der Waals surface area contributed by atoms with E-state index in [-0.39, 0.29) is 18.2 Å². The molecule has 42 valence electrons. The monoisotopic (exact) mass is 204 g/mol. The molecule has 0 heterocycles. The van der Waals surface area contributed by atoms with Gasteiger partial charge >= 0.3 is 18.2 Å². The number of hydrogen-bond donors (Lipinski definition) is 0. The molecular formula is C5H6BrClMg. The molecule has 0 amide bonds. The van der Waals surface area contributed by atoms with Gasteiger partial charge in [-0.2, -0.15) is 0 Å². The zero-order valence-corrected chi connectivity index (χ0v) is 8.34. The van der Waals surface area contributed by atoms with Crippen LogP contribution in [0.3, 0.4) is 0 Å². The lowest BCUT2D eigenvalue weighted by atomic mass is 10.4. The van der Waals surface area contributed by atoms with Crippen LogP contribution < -0.4 is 0 Å². The quantitative estimate of drug-likeness (QED) is 0.280. The third-order valence-corrected chi connectivity index (χ3v) is 2.12. The molecule has 0 spiro atoms. The molecule has 0 aliphatic carbocycles. The van der Waals surface area contributed by atoms with Crippen molar-refractivity contribution in [1.29, 1.82) is 0 Å². The Morgan fingerprint density at radius 3 is 2.88 bits per heavy atom. The summed E-state index contributed by atoms with van der Waals surface area (Å²) in [4.78, 5) is 0. The van der Waals surface area contributed by atoms with E-state index in [0.717, 1.165) is 18.7 Å². The summed E-state index contributed by atoms with van der Waals surface area (Å²) in [6.07, 6.45) is 1.98. The van der Waals surface area contributed by atoms with Gasteiger partial charge in [-0.15, -0.1) is 17.5 Å². The number of halogens is 2. The molecule has 0 aliphatic heterocycles. The summed E-state index contributed by atoms with van der Waals surface area (Å²) in [7, 11) is 0. The van der Waals surface area contributed by atoms with Crippen molar-refractivity contribution in [3.05, 3.63) is 0 Å². The van der Waals surface area contributed by atoms with Crippen molar-refractivity contribution in [2.24, 2.45) is 0 Å². The van der Waals surface area contributed by atoms with Crippen LogP contribution in [0, 0.1) is 9.97 Å². The summed E-state index contributed by atoms with van der Waals surface area (Å²) >= 11 is 8.54. The van der Waals surface area contributed by atoms with Crippen molar-refractivity contribution in [3.8, 4) is 9.97 Å². The minimum absolute atomic E-state index is 0.206. The highest BCUT2D eigenvalue weighted by Crippen LogP contribution is 1.88. The summed E-state index contributed by atoms with van der Waals surface area (Å²) in [5, 5.41) is 0. The fourth-order valence-corrected chi connectivity index (χ4v) is 1.29. The first kappa shape index (κ1) is 9.10. The second-order valence-electron chi connectivity index (χ2n) is 1.28. The van der Waals surface area contributed by atoms with Gasteiger partial charge in [-0.1, -0.05) is 0 Å². The van der Waals surface area contributed by atoms with Crippen molar-refractivity contribution in [2.75, 3.05) is 5.88 Å². The predicted octanol–water partition coefficient (Wildman–Crippen LogP) is 1.98. The standard InChI is InChI=1S/C5H6Cl.BrH.Mg/c1-2-3-4-5-6;;/h3-5H2;1H;/q;;+1/p-1. The molecule has 0 radical (unpaired) electrons. The Morgan fingerprint density at radius 1 is 1.62 bits per heavy atom. The third kappa shape index (κ3) is 7.10. The van der Waals surface area contributed by atoms with E-state index >= 15 is 0 Å². The predicted molar refractivity (Wildman–Crippen MR) is 42.4 cm³/mol. The van der Waals surface area contributed by atoms with Gasteiger partial charge in [0.05, 0.1) is 0 Å². The van der Waals surface area contributed by atoms with Gasteiger partial charge in [0.1, 0.15) is 0 Å². The Morgan fingerprint density at radius 2 is 2.38 bits per heavy atom. The van der Waals surface area contributed by atoms with Gasteiger partial charge in [-0.25, -0.2) is 0 Å². The van der Waals surface area contributed by atoms with Gasteiger partial charge < -0.3 is 0 Å². The van der Waals surface area contributed by atoms with E-state index in [1.165, 1.54) is 0 Å². The van der Waals surface area contributed by atoms with Gasteiger partial charge in [0, 0.05) is 12.3 Å². The highest BCUT2D eigenvalue weighted by Gasteiger charge is 1.77. The van der Waals surface area contributed by atoms with Crippen LogP contribution >= 0.6 is 24.5 Å². The molecule has 0 nitrogen and oxygen atoms in total. The number of hydrogen-bond acceptors (Lipinski definition) is 0. The third-order valence-electron chi connectivity index (χ3n) is 0.627. The molecule has 0 bridgehead atoms. The van der Waals surface area contributed by atoms with E-state index in [9.17, 15) is 0 Å². The lowest BCUT2D eigenvalue weighted by Gasteiger charge is -1.80. The van der Waals surface area contributed by atoms with Crippen molar-refractivity contribution >= 4 is 42.7 Å². The Bertz CT molecular complexity index is 94.3. The Balaban J connectivity index is 2.90. The molecule has 0 aromatic carbocycles. The summed E-state index contributed by atoms with van der Waals surface area (Å²) in [5.41, 5.74) is 0. The van der Waals surface area contributed by atoms with Crippen molar-refractivity contribution in [2.45, 2.75) is 12.8 Å². The normalized spacial score (nSPS) is 6.75. The summed E-state index contributed by atoms with van der Waals surface area (Å²) < 4.78 is 3.03. The van der Waals surface area contributed by atoms with E-state index in [4.69, 9.17) is 11.6 Å². The smallest absolute Gasteiger partial charge is 0.277 e. The van der Waals surface area contributed by atoms with Crippen LogP contribution in [0.25, 0.3) is 0 Å². The molecule has 0 aromatic rings. The molecule has 0 atom stereocenters. The molecule has 8 heavy (non-hydrogen) atoms. The zero-order chi connectivity index (χ0) is 6.24. The molecular weight excluding hydrogens is 200 g/mol. The van der Waals surface area contributed by atoms with Crippen LogP contribution in [0.15, 0.2) is 0 Å². The van der Waals surface area contributed by atoms with Crippen LogP contribution in [0.5, 0.6) is 0 Å². The van der Waals surface area contributed by atoms with Gasteiger partial charge in [0.15, 0.2) is 0 Å². The topological polar surface area (TPSA) is 0 Å². The number of alkyl halides is 1. The van der Waals surface area contributed by atoms with Crippen molar-refractivity contribution < 1.29 is 0 Å². The molecule has 0 rings (SSSR count). The van der Waals surface area contributed by atoms with Gasteiger partial charge in [-0.05, 0) is 6.42 Å². The summed E-state index contributed by atoms with van der Waals surface area (Å²) in [6.45, 7) is 0. The highest BCUT2D eigenvalue weighted by atomic mass is 79.9. The van der Waals surface area contributed by atoms with E-state index in [1.54, 1.807) is 0 Å². The van der Waals surface area contributed by atoms with Crippen LogP contribution in [0.2, 0.25) is 0 Å². The van der Waals surface area contributed by atoms with E-state index in [0.29, 0.717) is 0 Å². The fraction of sp³-hybridized carbons (Fsp3) is 0.600. The first-order valence-corrected chi connectivity index (χ1v) is 7.63. The summed E-state index contributed by atoms with van der Waals surface area (Å²) in [5.74, 6) is 3.75. The molecule has 0 unspecified atom stereocenters. The molecule has 0 aromatic heterocycles. The lowest BCUT2D eigenvalue weighted by molar-refractivity contribution is 0.992. The average Bonchev–Trinajstić information content (AvgIpc) is 1.81. The summed E-state index contributed by atoms with van der Waals surface area (Å²) in [6, 6.07) is 0. The average molecular weight is 206 g/mol. The second-order valence-corrected chi connectivity index (χ2v) is 3.96. The first-order valence-electron chi connectivity index (χ1n) is 2.49. The van der Waals surface area contributed by atoms with E-state index in [2.05, 4.69) is 22.9 Å². The Hall–Kier alpha value is 1.10. The minimum Gasteiger partial charge on any atom is -0.277 e. The van der Waals surface area contributed by atoms with Crippen LogP contribution in [-0.2, 0) is 0 Å². The van der Waals surface area contributed by atoms with E-state index < -0.39 is 0 Å². The molecule has 0 saturated carbocycles.